The van der Waals surface area contributed by atoms with Crippen molar-refractivity contribution in [3.8, 4) is 5.69 Å². The number of aromatic nitrogens is 3. The van der Waals surface area contributed by atoms with Crippen molar-refractivity contribution >= 4 is 15.8 Å². The Morgan fingerprint density at radius 1 is 1.07 bits per heavy atom. The molecule has 1 saturated heterocycles. The zero-order valence-corrected chi connectivity index (χ0v) is 16.5. The minimum absolute atomic E-state index is 0.0328. The van der Waals surface area contributed by atoms with Crippen LogP contribution < -0.4 is 5.32 Å². The molecule has 1 N–H and O–H groups in total. The highest BCUT2D eigenvalue weighted by Gasteiger charge is 2.27. The number of rotatable bonds is 6. The Balaban J connectivity index is 1.44. The monoisotopic (exact) mass is 397 g/mol. The van der Waals surface area contributed by atoms with Crippen molar-refractivity contribution in [2.24, 2.45) is 0 Å². The lowest BCUT2D eigenvalue weighted by atomic mass is 10.1. The molecule has 1 unspecified atom stereocenters. The van der Waals surface area contributed by atoms with E-state index in [1.54, 1.807) is 24.7 Å². The third-order valence-corrected chi connectivity index (χ3v) is 6.88. The fourth-order valence-electron chi connectivity index (χ4n) is 3.35. The van der Waals surface area contributed by atoms with Crippen LogP contribution in [0.4, 0.5) is 5.82 Å². The maximum atomic E-state index is 12.6. The summed E-state index contributed by atoms with van der Waals surface area (Å²) in [5.41, 5.74) is 2.16. The number of nitrogens with zero attached hydrogens (tertiary/aromatic N) is 4. The standard InChI is InChI=1S/C20H23N5O2S/c1-16(17-4-6-18(7-5-17)24-13-10-21-15-24)23-20-9-8-19(14-22-20)28(26,27)25-11-2-3-12-25/h4-10,13-16H,2-3,11-12H2,1H3,(H,22,23). The predicted molar refractivity (Wildman–Crippen MR) is 108 cm³/mol. The molecule has 1 fully saturated rings. The quantitative estimate of drug-likeness (QED) is 0.691. The van der Waals surface area contributed by atoms with Crippen molar-refractivity contribution in [1.82, 2.24) is 18.8 Å². The lowest BCUT2D eigenvalue weighted by Crippen LogP contribution is -2.27. The average Bonchev–Trinajstić information content (AvgIpc) is 3.43. The molecule has 3 heterocycles. The van der Waals surface area contributed by atoms with Crippen LogP contribution in [0.25, 0.3) is 5.69 Å². The third-order valence-electron chi connectivity index (χ3n) is 5.00. The first-order valence-electron chi connectivity index (χ1n) is 9.35. The Bertz CT molecular complexity index is 1010. The van der Waals surface area contributed by atoms with E-state index in [4.69, 9.17) is 0 Å². The second-order valence-corrected chi connectivity index (χ2v) is 8.86. The molecule has 1 aromatic carbocycles. The number of pyridine rings is 1. The van der Waals surface area contributed by atoms with Gasteiger partial charge in [0.15, 0.2) is 0 Å². The molecule has 1 atom stereocenters. The molecule has 4 rings (SSSR count). The molecule has 2 aromatic heterocycles. The van der Waals surface area contributed by atoms with Gasteiger partial charge in [-0.3, -0.25) is 0 Å². The topological polar surface area (TPSA) is 80.1 Å². The Morgan fingerprint density at radius 2 is 1.82 bits per heavy atom. The van der Waals surface area contributed by atoms with Gasteiger partial charge in [0.1, 0.15) is 10.7 Å². The van der Waals surface area contributed by atoms with E-state index in [-0.39, 0.29) is 10.9 Å². The van der Waals surface area contributed by atoms with Crippen LogP contribution in [0, 0.1) is 0 Å². The first kappa shape index (κ1) is 18.6. The van der Waals surface area contributed by atoms with E-state index in [1.807, 2.05) is 29.8 Å². The number of benzene rings is 1. The number of hydrogen-bond acceptors (Lipinski definition) is 5. The van der Waals surface area contributed by atoms with Crippen molar-refractivity contribution in [3.05, 3.63) is 66.9 Å². The first-order valence-corrected chi connectivity index (χ1v) is 10.8. The first-order chi connectivity index (χ1) is 13.5. The molecular formula is C20H23N5O2S. The van der Waals surface area contributed by atoms with E-state index in [9.17, 15) is 8.42 Å². The Morgan fingerprint density at radius 3 is 2.43 bits per heavy atom. The van der Waals surface area contributed by atoms with E-state index in [0.29, 0.717) is 18.9 Å². The Hall–Kier alpha value is -2.71. The molecule has 1 aliphatic heterocycles. The summed E-state index contributed by atoms with van der Waals surface area (Å²) < 4.78 is 28.6. The summed E-state index contributed by atoms with van der Waals surface area (Å²) in [4.78, 5) is 8.62. The highest BCUT2D eigenvalue weighted by Crippen LogP contribution is 2.23. The maximum Gasteiger partial charge on any atom is 0.244 e. The van der Waals surface area contributed by atoms with Crippen LogP contribution in [0.5, 0.6) is 0 Å². The van der Waals surface area contributed by atoms with Gasteiger partial charge in [-0.2, -0.15) is 4.31 Å². The molecule has 146 valence electrons. The average molecular weight is 398 g/mol. The van der Waals surface area contributed by atoms with Gasteiger partial charge in [-0.1, -0.05) is 12.1 Å². The summed E-state index contributed by atoms with van der Waals surface area (Å²) in [6.07, 6.45) is 8.69. The molecule has 0 aliphatic carbocycles. The molecule has 0 spiro atoms. The van der Waals surface area contributed by atoms with E-state index in [1.165, 1.54) is 10.5 Å². The van der Waals surface area contributed by atoms with Crippen molar-refractivity contribution in [1.29, 1.82) is 0 Å². The molecule has 28 heavy (non-hydrogen) atoms. The van der Waals surface area contributed by atoms with Gasteiger partial charge in [-0.25, -0.2) is 18.4 Å². The largest absolute Gasteiger partial charge is 0.364 e. The van der Waals surface area contributed by atoms with Gasteiger partial charge in [-0.15, -0.1) is 0 Å². The second-order valence-electron chi connectivity index (χ2n) is 6.92. The van der Waals surface area contributed by atoms with Gasteiger partial charge >= 0.3 is 0 Å². The number of hydrogen-bond donors (Lipinski definition) is 1. The summed E-state index contributed by atoms with van der Waals surface area (Å²) in [6.45, 7) is 3.23. The fraction of sp³-hybridized carbons (Fsp3) is 0.300. The normalized spacial score (nSPS) is 16.2. The van der Waals surface area contributed by atoms with Gasteiger partial charge in [0.25, 0.3) is 0 Å². The van der Waals surface area contributed by atoms with E-state index >= 15 is 0 Å². The summed E-state index contributed by atoms with van der Waals surface area (Å²) in [6, 6.07) is 11.6. The number of sulfonamides is 1. The van der Waals surface area contributed by atoms with Crippen LogP contribution in [0.15, 0.2) is 66.2 Å². The van der Waals surface area contributed by atoms with Crippen molar-refractivity contribution in [2.75, 3.05) is 18.4 Å². The molecule has 0 bridgehead atoms. The minimum Gasteiger partial charge on any atom is -0.364 e. The Kier molecular flexibility index (Phi) is 5.15. The zero-order chi connectivity index (χ0) is 19.6. The molecule has 0 radical (unpaired) electrons. The van der Waals surface area contributed by atoms with Crippen LogP contribution in [-0.2, 0) is 10.0 Å². The van der Waals surface area contributed by atoms with Gasteiger partial charge < -0.3 is 9.88 Å². The highest BCUT2D eigenvalue weighted by molar-refractivity contribution is 7.89. The summed E-state index contributed by atoms with van der Waals surface area (Å²) in [5.74, 6) is 0.645. The molecule has 1 aliphatic rings. The maximum absolute atomic E-state index is 12.6. The summed E-state index contributed by atoms with van der Waals surface area (Å²) in [7, 11) is -3.43. The lowest BCUT2D eigenvalue weighted by molar-refractivity contribution is 0.477. The van der Waals surface area contributed by atoms with E-state index in [2.05, 4.69) is 27.4 Å². The number of anilines is 1. The molecule has 0 saturated carbocycles. The van der Waals surface area contributed by atoms with Crippen LogP contribution in [0.2, 0.25) is 0 Å². The molecule has 0 amide bonds. The van der Waals surface area contributed by atoms with Gasteiger partial charge in [-0.05, 0) is 49.6 Å². The molecule has 8 heteroatoms. The van der Waals surface area contributed by atoms with Crippen LogP contribution >= 0.6 is 0 Å². The third kappa shape index (κ3) is 3.79. The van der Waals surface area contributed by atoms with Crippen LogP contribution in [0.1, 0.15) is 31.4 Å². The van der Waals surface area contributed by atoms with E-state index in [0.717, 1.165) is 24.1 Å². The molecule has 7 nitrogen and oxygen atoms in total. The summed E-state index contributed by atoms with van der Waals surface area (Å²) in [5, 5.41) is 3.32. The number of nitrogens with one attached hydrogen (secondary N) is 1. The lowest BCUT2D eigenvalue weighted by Gasteiger charge is -2.17. The van der Waals surface area contributed by atoms with Crippen molar-refractivity contribution < 1.29 is 8.42 Å². The zero-order valence-electron chi connectivity index (χ0n) is 15.7. The van der Waals surface area contributed by atoms with Crippen molar-refractivity contribution in [3.63, 3.8) is 0 Å². The number of imidazole rings is 1. The summed E-state index contributed by atoms with van der Waals surface area (Å²) >= 11 is 0. The van der Waals surface area contributed by atoms with E-state index < -0.39 is 10.0 Å². The van der Waals surface area contributed by atoms with Crippen molar-refractivity contribution in [2.45, 2.75) is 30.7 Å². The second kappa shape index (κ2) is 7.73. The van der Waals surface area contributed by atoms with Crippen LogP contribution in [0.3, 0.4) is 0 Å². The van der Waals surface area contributed by atoms with Gasteiger partial charge in [0, 0.05) is 43.4 Å². The smallest absolute Gasteiger partial charge is 0.244 e. The molecule has 3 aromatic rings. The van der Waals surface area contributed by atoms with Gasteiger partial charge in [0.05, 0.1) is 6.33 Å². The highest BCUT2D eigenvalue weighted by atomic mass is 32.2. The predicted octanol–water partition coefficient (Wildman–Crippen LogP) is 3.22. The molecular weight excluding hydrogens is 374 g/mol. The Labute approximate surface area is 165 Å². The minimum atomic E-state index is -3.43. The fourth-order valence-corrected chi connectivity index (χ4v) is 4.81. The van der Waals surface area contributed by atoms with Crippen LogP contribution in [-0.4, -0.2) is 40.3 Å². The van der Waals surface area contributed by atoms with Gasteiger partial charge in [0.2, 0.25) is 10.0 Å². The SMILES string of the molecule is CC(Nc1ccc(S(=O)(=O)N2CCCC2)cn1)c1ccc(-n2ccnc2)cc1.